The van der Waals surface area contributed by atoms with E-state index in [2.05, 4.69) is 27.3 Å². The van der Waals surface area contributed by atoms with Gasteiger partial charge in [-0.25, -0.2) is 4.98 Å². The van der Waals surface area contributed by atoms with E-state index in [-0.39, 0.29) is 11.9 Å². The van der Waals surface area contributed by atoms with Crippen LogP contribution in [0.5, 0.6) is 5.75 Å². The van der Waals surface area contributed by atoms with Crippen molar-refractivity contribution in [1.29, 1.82) is 0 Å². The number of pyridine rings is 1. The molecule has 0 spiro atoms. The Hall–Kier alpha value is -2.92. The summed E-state index contributed by atoms with van der Waals surface area (Å²) < 4.78 is 5.27. The van der Waals surface area contributed by atoms with Crippen molar-refractivity contribution in [3.05, 3.63) is 71.9 Å². The van der Waals surface area contributed by atoms with Crippen molar-refractivity contribution in [2.75, 3.05) is 26.7 Å². The van der Waals surface area contributed by atoms with Crippen molar-refractivity contribution >= 4 is 16.8 Å². The molecule has 5 heteroatoms. The highest BCUT2D eigenvalue weighted by atomic mass is 16.5. The number of aromatic nitrogens is 1. The zero-order valence-corrected chi connectivity index (χ0v) is 16.1. The lowest BCUT2D eigenvalue weighted by Crippen LogP contribution is -2.37. The number of methoxy groups -OCH3 is 1. The van der Waals surface area contributed by atoms with Crippen LogP contribution in [0.2, 0.25) is 0 Å². The molecule has 2 aromatic carbocycles. The summed E-state index contributed by atoms with van der Waals surface area (Å²) in [5.41, 5.74) is 2.48. The largest absolute Gasteiger partial charge is 0.497 e. The molecule has 1 aromatic heterocycles. The van der Waals surface area contributed by atoms with E-state index in [0.29, 0.717) is 12.2 Å². The van der Waals surface area contributed by atoms with Gasteiger partial charge in [0.05, 0.1) is 18.7 Å². The van der Waals surface area contributed by atoms with E-state index in [1.807, 2.05) is 42.5 Å². The fourth-order valence-corrected chi connectivity index (χ4v) is 3.81. The smallest absolute Gasteiger partial charge is 0.269 e. The Balaban J connectivity index is 1.50. The number of fused-ring (bicyclic) bond motifs is 1. The number of para-hydroxylation sites is 1. The molecule has 1 atom stereocenters. The monoisotopic (exact) mass is 375 g/mol. The number of rotatable bonds is 6. The van der Waals surface area contributed by atoms with Crippen LogP contribution in [0.25, 0.3) is 10.9 Å². The van der Waals surface area contributed by atoms with Gasteiger partial charge in [0.15, 0.2) is 0 Å². The van der Waals surface area contributed by atoms with Crippen molar-refractivity contribution in [2.45, 2.75) is 18.9 Å². The van der Waals surface area contributed by atoms with Crippen molar-refractivity contribution in [3.63, 3.8) is 0 Å². The first-order valence-electron chi connectivity index (χ1n) is 9.76. The SMILES string of the molecule is COc1ccc([C@H](CNC(=O)c2ccc3ccccc3n2)N2CCCC2)cc1. The fraction of sp³-hybridized carbons (Fsp3) is 0.304. The summed E-state index contributed by atoms with van der Waals surface area (Å²) >= 11 is 0. The number of hydrogen-bond acceptors (Lipinski definition) is 4. The van der Waals surface area contributed by atoms with Gasteiger partial charge in [-0.3, -0.25) is 9.69 Å². The molecule has 0 bridgehead atoms. The van der Waals surface area contributed by atoms with Crippen molar-refractivity contribution in [2.24, 2.45) is 0 Å². The molecule has 0 aliphatic carbocycles. The number of hydrogen-bond donors (Lipinski definition) is 1. The maximum absolute atomic E-state index is 12.7. The van der Waals surface area contributed by atoms with Gasteiger partial charge in [-0.05, 0) is 55.8 Å². The lowest BCUT2D eigenvalue weighted by molar-refractivity contribution is 0.0933. The van der Waals surface area contributed by atoms with Crippen LogP contribution in [0.4, 0.5) is 0 Å². The maximum atomic E-state index is 12.7. The number of ether oxygens (including phenoxy) is 1. The summed E-state index contributed by atoms with van der Waals surface area (Å²) in [6.45, 7) is 2.67. The first kappa shape index (κ1) is 18.4. The van der Waals surface area contributed by atoms with E-state index < -0.39 is 0 Å². The van der Waals surface area contributed by atoms with Crippen molar-refractivity contribution in [1.82, 2.24) is 15.2 Å². The van der Waals surface area contributed by atoms with Crippen LogP contribution in [-0.2, 0) is 0 Å². The topological polar surface area (TPSA) is 54.5 Å². The molecule has 0 saturated carbocycles. The van der Waals surface area contributed by atoms with E-state index in [1.165, 1.54) is 18.4 Å². The molecule has 1 saturated heterocycles. The highest BCUT2D eigenvalue weighted by Gasteiger charge is 2.24. The molecule has 1 fully saturated rings. The molecule has 5 nitrogen and oxygen atoms in total. The number of carbonyl (C=O) groups excluding carboxylic acids is 1. The molecule has 4 rings (SSSR count). The first-order chi connectivity index (χ1) is 13.7. The molecule has 144 valence electrons. The molecule has 28 heavy (non-hydrogen) atoms. The van der Waals surface area contributed by atoms with Gasteiger partial charge < -0.3 is 10.1 Å². The quantitative estimate of drug-likeness (QED) is 0.712. The van der Waals surface area contributed by atoms with Crippen molar-refractivity contribution < 1.29 is 9.53 Å². The van der Waals surface area contributed by atoms with Gasteiger partial charge in [0.1, 0.15) is 11.4 Å². The van der Waals surface area contributed by atoms with Crippen LogP contribution in [0.3, 0.4) is 0 Å². The van der Waals surface area contributed by atoms with Gasteiger partial charge in [0, 0.05) is 11.9 Å². The average molecular weight is 375 g/mol. The van der Waals surface area contributed by atoms with Crippen LogP contribution in [0.15, 0.2) is 60.7 Å². The third-order valence-electron chi connectivity index (χ3n) is 5.37. The molecule has 2 heterocycles. The summed E-state index contributed by atoms with van der Waals surface area (Å²) in [6, 6.07) is 19.8. The fourth-order valence-electron chi connectivity index (χ4n) is 3.81. The predicted octanol–water partition coefficient (Wildman–Crippen LogP) is 3.81. The van der Waals surface area contributed by atoms with Gasteiger partial charge in [0.25, 0.3) is 5.91 Å². The maximum Gasteiger partial charge on any atom is 0.269 e. The number of likely N-dealkylation sites (tertiary alicyclic amines) is 1. The first-order valence-corrected chi connectivity index (χ1v) is 9.76. The Labute approximate surface area is 165 Å². The number of benzene rings is 2. The Morgan fingerprint density at radius 3 is 2.57 bits per heavy atom. The summed E-state index contributed by atoms with van der Waals surface area (Å²) in [5.74, 6) is 0.705. The Morgan fingerprint density at radius 1 is 1.07 bits per heavy atom. The molecular formula is C23H25N3O2. The second-order valence-electron chi connectivity index (χ2n) is 7.13. The molecule has 3 aromatic rings. The minimum absolute atomic E-state index is 0.136. The summed E-state index contributed by atoms with van der Waals surface area (Å²) in [6.07, 6.45) is 2.40. The lowest BCUT2D eigenvalue weighted by atomic mass is 10.1. The number of nitrogens with zero attached hydrogens (tertiary/aromatic N) is 2. The van der Waals surface area contributed by atoms with E-state index >= 15 is 0 Å². The number of amides is 1. The third kappa shape index (κ3) is 3.99. The van der Waals surface area contributed by atoms with Crippen LogP contribution >= 0.6 is 0 Å². The van der Waals surface area contributed by atoms with E-state index in [4.69, 9.17) is 4.74 Å². The van der Waals surface area contributed by atoms with Gasteiger partial charge in [-0.1, -0.05) is 36.4 Å². The Bertz CT molecular complexity index is 949. The minimum atomic E-state index is -0.136. The molecule has 0 unspecified atom stereocenters. The van der Waals surface area contributed by atoms with Crippen LogP contribution in [0, 0.1) is 0 Å². The standard InChI is InChI=1S/C23H25N3O2/c1-28-19-11-8-18(9-12-19)22(26-14-4-5-15-26)16-24-23(27)21-13-10-17-6-2-3-7-20(17)25-21/h2-3,6-13,22H,4-5,14-16H2,1H3,(H,24,27)/t22-/m0/s1. The molecule has 1 aliphatic heterocycles. The third-order valence-corrected chi connectivity index (χ3v) is 5.37. The summed E-state index contributed by atoms with van der Waals surface area (Å²) in [5, 5.41) is 4.13. The van der Waals surface area contributed by atoms with Gasteiger partial charge >= 0.3 is 0 Å². The highest BCUT2D eigenvalue weighted by Crippen LogP contribution is 2.26. The molecule has 1 amide bonds. The minimum Gasteiger partial charge on any atom is -0.497 e. The number of carbonyl (C=O) groups is 1. The zero-order chi connectivity index (χ0) is 19.3. The average Bonchev–Trinajstić information content (AvgIpc) is 3.28. The molecule has 1 N–H and O–H groups in total. The van der Waals surface area contributed by atoms with E-state index in [1.54, 1.807) is 13.2 Å². The zero-order valence-electron chi connectivity index (χ0n) is 16.1. The van der Waals surface area contributed by atoms with Gasteiger partial charge in [-0.15, -0.1) is 0 Å². The summed E-state index contributed by atoms with van der Waals surface area (Å²) in [7, 11) is 1.67. The Morgan fingerprint density at radius 2 is 1.82 bits per heavy atom. The highest BCUT2D eigenvalue weighted by molar-refractivity contribution is 5.94. The Kier molecular flexibility index (Phi) is 5.53. The van der Waals surface area contributed by atoms with Gasteiger partial charge in [-0.2, -0.15) is 0 Å². The van der Waals surface area contributed by atoms with E-state index in [9.17, 15) is 4.79 Å². The molecule has 1 aliphatic rings. The molecular weight excluding hydrogens is 350 g/mol. The van der Waals surface area contributed by atoms with E-state index in [0.717, 1.165) is 29.7 Å². The second-order valence-corrected chi connectivity index (χ2v) is 7.13. The number of nitrogens with one attached hydrogen (secondary N) is 1. The normalized spacial score (nSPS) is 15.5. The summed E-state index contributed by atoms with van der Waals surface area (Å²) in [4.78, 5) is 19.7. The van der Waals surface area contributed by atoms with Crippen LogP contribution in [-0.4, -0.2) is 42.5 Å². The van der Waals surface area contributed by atoms with Gasteiger partial charge in [0.2, 0.25) is 0 Å². The van der Waals surface area contributed by atoms with Crippen LogP contribution in [0.1, 0.15) is 34.9 Å². The molecule has 0 radical (unpaired) electrons. The predicted molar refractivity (Wildman–Crippen MR) is 111 cm³/mol. The van der Waals surface area contributed by atoms with Crippen LogP contribution < -0.4 is 10.1 Å². The lowest BCUT2D eigenvalue weighted by Gasteiger charge is -2.28. The second kappa shape index (κ2) is 8.40. The van der Waals surface area contributed by atoms with Crippen molar-refractivity contribution in [3.8, 4) is 5.75 Å².